The minimum Gasteiger partial charge on any atom is -0.371 e. The van der Waals surface area contributed by atoms with E-state index in [-0.39, 0.29) is 0 Å². The Morgan fingerprint density at radius 2 is 1.83 bits per heavy atom. The number of anilines is 3. The maximum absolute atomic E-state index is 4.49. The first kappa shape index (κ1) is 11.5. The molecule has 0 fully saturated rings. The number of fused-ring (bicyclic) bond motifs is 1. The number of hydrogen-bond donors (Lipinski definition) is 0. The third-order valence-electron chi connectivity index (χ3n) is 3.23. The van der Waals surface area contributed by atoms with E-state index in [9.17, 15) is 0 Å². The molecule has 2 heterocycles. The highest BCUT2D eigenvalue weighted by molar-refractivity contribution is 9.10. The van der Waals surface area contributed by atoms with Crippen LogP contribution in [0.4, 0.5) is 17.2 Å². The van der Waals surface area contributed by atoms with E-state index < -0.39 is 0 Å². The van der Waals surface area contributed by atoms with Crippen molar-refractivity contribution >= 4 is 33.1 Å². The SMILES string of the molecule is CN1CCN(c2ccc(Br)cn2)c2ccccc21. The lowest BCUT2D eigenvalue weighted by atomic mass is 10.1. The first-order valence-electron chi connectivity index (χ1n) is 5.95. The number of hydrogen-bond acceptors (Lipinski definition) is 3. The number of halogens is 1. The van der Waals surface area contributed by atoms with E-state index in [2.05, 4.69) is 62.0 Å². The molecule has 3 rings (SSSR count). The van der Waals surface area contributed by atoms with E-state index in [1.807, 2.05) is 18.3 Å². The lowest BCUT2D eigenvalue weighted by Gasteiger charge is -2.36. The van der Waals surface area contributed by atoms with Crippen LogP contribution < -0.4 is 9.80 Å². The molecule has 1 aromatic heterocycles. The molecule has 0 unspecified atom stereocenters. The molecule has 1 aliphatic heterocycles. The zero-order chi connectivity index (χ0) is 12.5. The Kier molecular flexibility index (Phi) is 2.96. The molecule has 0 radical (unpaired) electrons. The molecule has 0 N–H and O–H groups in total. The van der Waals surface area contributed by atoms with Gasteiger partial charge in [-0.25, -0.2) is 4.98 Å². The molecule has 0 saturated carbocycles. The summed E-state index contributed by atoms with van der Waals surface area (Å²) < 4.78 is 1.01. The average Bonchev–Trinajstić information content (AvgIpc) is 2.41. The number of aromatic nitrogens is 1. The summed E-state index contributed by atoms with van der Waals surface area (Å²) >= 11 is 3.42. The second-order valence-electron chi connectivity index (χ2n) is 4.40. The summed E-state index contributed by atoms with van der Waals surface area (Å²) in [4.78, 5) is 9.03. The van der Waals surface area contributed by atoms with Crippen molar-refractivity contribution in [3.63, 3.8) is 0 Å². The fourth-order valence-electron chi connectivity index (χ4n) is 2.27. The molecule has 4 heteroatoms. The van der Waals surface area contributed by atoms with Gasteiger partial charge < -0.3 is 9.80 Å². The summed E-state index contributed by atoms with van der Waals surface area (Å²) in [5.41, 5.74) is 2.48. The first-order chi connectivity index (χ1) is 8.75. The molecule has 1 aromatic carbocycles. The van der Waals surface area contributed by atoms with Gasteiger partial charge in [-0.3, -0.25) is 0 Å². The highest BCUT2D eigenvalue weighted by Gasteiger charge is 2.21. The zero-order valence-corrected chi connectivity index (χ0v) is 11.8. The van der Waals surface area contributed by atoms with Crippen LogP contribution in [0.5, 0.6) is 0 Å². The summed E-state index contributed by atoms with van der Waals surface area (Å²) in [7, 11) is 2.13. The molecule has 2 aromatic rings. The third kappa shape index (κ3) is 1.97. The average molecular weight is 304 g/mol. The van der Waals surface area contributed by atoms with Crippen LogP contribution >= 0.6 is 15.9 Å². The van der Waals surface area contributed by atoms with Crippen LogP contribution in [0.2, 0.25) is 0 Å². The van der Waals surface area contributed by atoms with Crippen molar-refractivity contribution in [2.24, 2.45) is 0 Å². The van der Waals surface area contributed by atoms with E-state index in [4.69, 9.17) is 0 Å². The molecule has 0 amide bonds. The van der Waals surface area contributed by atoms with Crippen molar-refractivity contribution in [1.29, 1.82) is 0 Å². The summed E-state index contributed by atoms with van der Waals surface area (Å²) in [6, 6.07) is 12.5. The van der Waals surface area contributed by atoms with Gasteiger partial charge in [0.25, 0.3) is 0 Å². The van der Waals surface area contributed by atoms with Gasteiger partial charge in [0.15, 0.2) is 0 Å². The monoisotopic (exact) mass is 303 g/mol. The Morgan fingerprint density at radius 3 is 2.56 bits per heavy atom. The third-order valence-corrected chi connectivity index (χ3v) is 3.70. The maximum atomic E-state index is 4.49. The number of likely N-dealkylation sites (N-methyl/N-ethyl adjacent to an activating group) is 1. The standard InChI is InChI=1S/C14H14BrN3/c1-17-8-9-18(13-5-3-2-4-12(13)17)14-7-6-11(15)10-16-14/h2-7,10H,8-9H2,1H3. The van der Waals surface area contributed by atoms with Gasteiger partial charge in [0.1, 0.15) is 5.82 Å². The second-order valence-corrected chi connectivity index (χ2v) is 5.31. The van der Waals surface area contributed by atoms with Gasteiger partial charge in [-0.15, -0.1) is 0 Å². The molecular formula is C14H14BrN3. The minimum atomic E-state index is 0.960. The summed E-state index contributed by atoms with van der Waals surface area (Å²) in [6.07, 6.45) is 1.84. The van der Waals surface area contributed by atoms with E-state index in [0.29, 0.717) is 0 Å². The van der Waals surface area contributed by atoms with Crippen molar-refractivity contribution in [3.05, 3.63) is 47.1 Å². The van der Waals surface area contributed by atoms with E-state index in [1.165, 1.54) is 11.4 Å². The number of benzene rings is 1. The lowest BCUT2D eigenvalue weighted by Crippen LogP contribution is -2.36. The number of rotatable bonds is 1. The van der Waals surface area contributed by atoms with Gasteiger partial charge >= 0.3 is 0 Å². The van der Waals surface area contributed by atoms with Crippen molar-refractivity contribution in [1.82, 2.24) is 4.98 Å². The van der Waals surface area contributed by atoms with Crippen molar-refractivity contribution in [2.45, 2.75) is 0 Å². The highest BCUT2D eigenvalue weighted by atomic mass is 79.9. The van der Waals surface area contributed by atoms with Crippen LogP contribution in [0, 0.1) is 0 Å². The Hall–Kier alpha value is -1.55. The molecule has 0 saturated heterocycles. The maximum Gasteiger partial charge on any atom is 0.133 e. The summed E-state index contributed by atoms with van der Waals surface area (Å²) in [5.74, 6) is 0.999. The molecule has 0 spiro atoms. The lowest BCUT2D eigenvalue weighted by molar-refractivity contribution is 0.813. The molecule has 3 nitrogen and oxygen atoms in total. The molecule has 1 aliphatic rings. The van der Waals surface area contributed by atoms with Gasteiger partial charge in [0, 0.05) is 30.8 Å². The Morgan fingerprint density at radius 1 is 1.06 bits per heavy atom. The predicted molar refractivity (Wildman–Crippen MR) is 78.7 cm³/mol. The van der Waals surface area contributed by atoms with Gasteiger partial charge in [-0.1, -0.05) is 12.1 Å². The van der Waals surface area contributed by atoms with E-state index >= 15 is 0 Å². The van der Waals surface area contributed by atoms with Crippen molar-refractivity contribution < 1.29 is 0 Å². The molecule has 0 bridgehead atoms. The summed E-state index contributed by atoms with van der Waals surface area (Å²) in [5, 5.41) is 0. The largest absolute Gasteiger partial charge is 0.371 e. The van der Waals surface area contributed by atoms with Crippen LogP contribution in [-0.2, 0) is 0 Å². The van der Waals surface area contributed by atoms with Crippen LogP contribution in [0.1, 0.15) is 0 Å². The minimum absolute atomic E-state index is 0.960. The highest BCUT2D eigenvalue weighted by Crippen LogP contribution is 2.35. The van der Waals surface area contributed by atoms with E-state index in [0.717, 1.165) is 23.4 Å². The summed E-state index contributed by atoms with van der Waals surface area (Å²) in [6.45, 7) is 1.97. The van der Waals surface area contributed by atoms with Gasteiger partial charge in [0.05, 0.1) is 11.4 Å². The molecule has 18 heavy (non-hydrogen) atoms. The van der Waals surface area contributed by atoms with Gasteiger partial charge in [0.2, 0.25) is 0 Å². The van der Waals surface area contributed by atoms with Crippen LogP contribution in [0.3, 0.4) is 0 Å². The quantitative estimate of drug-likeness (QED) is 0.804. The second kappa shape index (κ2) is 4.61. The fraction of sp³-hybridized carbons (Fsp3) is 0.214. The Labute approximate surface area is 115 Å². The fourth-order valence-corrected chi connectivity index (χ4v) is 2.51. The molecule has 0 aliphatic carbocycles. The normalized spacial score (nSPS) is 14.6. The molecule has 0 atom stereocenters. The zero-order valence-electron chi connectivity index (χ0n) is 10.2. The Balaban J connectivity index is 2.04. The van der Waals surface area contributed by atoms with Crippen molar-refractivity contribution in [3.8, 4) is 0 Å². The number of para-hydroxylation sites is 2. The topological polar surface area (TPSA) is 19.4 Å². The van der Waals surface area contributed by atoms with Crippen LogP contribution in [-0.4, -0.2) is 25.1 Å². The van der Waals surface area contributed by atoms with Crippen LogP contribution in [0.15, 0.2) is 47.1 Å². The predicted octanol–water partition coefficient (Wildman–Crippen LogP) is 3.43. The van der Waals surface area contributed by atoms with Crippen LogP contribution in [0.25, 0.3) is 0 Å². The first-order valence-corrected chi connectivity index (χ1v) is 6.74. The molecule has 92 valence electrons. The van der Waals surface area contributed by atoms with Gasteiger partial charge in [-0.2, -0.15) is 0 Å². The van der Waals surface area contributed by atoms with Crippen molar-refractivity contribution in [2.75, 3.05) is 29.9 Å². The Bertz CT molecular complexity index is 553. The van der Waals surface area contributed by atoms with Gasteiger partial charge in [-0.05, 0) is 40.2 Å². The van der Waals surface area contributed by atoms with E-state index in [1.54, 1.807) is 0 Å². The number of pyridine rings is 1. The smallest absolute Gasteiger partial charge is 0.133 e. The number of nitrogens with zero attached hydrogens (tertiary/aromatic N) is 3. The molecular weight excluding hydrogens is 290 g/mol.